The molecule has 70 valence electrons. The second-order valence-corrected chi connectivity index (χ2v) is 4.10. The van der Waals surface area contributed by atoms with Crippen LogP contribution in [0.2, 0.25) is 0 Å². The van der Waals surface area contributed by atoms with Gasteiger partial charge in [-0.25, -0.2) is 0 Å². The predicted octanol–water partition coefficient (Wildman–Crippen LogP) is 3.28. The average Bonchev–Trinajstić information content (AvgIpc) is 2.17. The van der Waals surface area contributed by atoms with Crippen molar-refractivity contribution in [2.45, 2.75) is 11.5 Å². The molecule has 0 unspecified atom stereocenters. The largest absolute Gasteiger partial charge is 0.387 e. The summed E-state index contributed by atoms with van der Waals surface area (Å²) in [6.07, 6.45) is 0.834. The van der Waals surface area contributed by atoms with Gasteiger partial charge in [-0.15, -0.1) is 18.2 Å². The van der Waals surface area contributed by atoms with Gasteiger partial charge < -0.3 is 5.11 Å². The SMILES string of the molecule is C=C[C@H](Cl)[C@@H](O)c1ccc(Br)cc1. The van der Waals surface area contributed by atoms with Crippen molar-refractivity contribution in [2.24, 2.45) is 0 Å². The third-order valence-electron chi connectivity index (χ3n) is 1.74. The third-order valence-corrected chi connectivity index (χ3v) is 2.68. The van der Waals surface area contributed by atoms with Gasteiger partial charge in [-0.2, -0.15) is 0 Å². The van der Waals surface area contributed by atoms with Gasteiger partial charge in [-0.05, 0) is 17.7 Å². The quantitative estimate of drug-likeness (QED) is 0.654. The Morgan fingerprint density at radius 3 is 2.38 bits per heavy atom. The van der Waals surface area contributed by atoms with Gasteiger partial charge in [-0.3, -0.25) is 0 Å². The molecule has 0 aliphatic carbocycles. The van der Waals surface area contributed by atoms with Crippen molar-refractivity contribution in [3.63, 3.8) is 0 Å². The number of aliphatic hydroxyl groups excluding tert-OH is 1. The number of alkyl halides is 1. The van der Waals surface area contributed by atoms with Crippen LogP contribution in [0.3, 0.4) is 0 Å². The molecule has 1 N–H and O–H groups in total. The summed E-state index contributed by atoms with van der Waals surface area (Å²) in [5, 5.41) is 9.22. The van der Waals surface area contributed by atoms with Gasteiger partial charge in [0.15, 0.2) is 0 Å². The molecular formula is C10H10BrClO. The van der Waals surface area contributed by atoms with Crippen LogP contribution < -0.4 is 0 Å². The molecule has 0 aromatic heterocycles. The Balaban J connectivity index is 2.82. The van der Waals surface area contributed by atoms with E-state index in [2.05, 4.69) is 22.5 Å². The summed E-state index contributed by atoms with van der Waals surface area (Å²) in [7, 11) is 0. The second kappa shape index (κ2) is 4.80. The fourth-order valence-electron chi connectivity index (χ4n) is 0.973. The van der Waals surface area contributed by atoms with Gasteiger partial charge >= 0.3 is 0 Å². The van der Waals surface area contributed by atoms with Crippen LogP contribution in [0.5, 0.6) is 0 Å². The second-order valence-electron chi connectivity index (χ2n) is 2.68. The molecule has 0 radical (unpaired) electrons. The van der Waals surface area contributed by atoms with E-state index < -0.39 is 11.5 Å². The summed E-state index contributed by atoms with van der Waals surface area (Å²) in [5.74, 6) is 0. The highest BCUT2D eigenvalue weighted by molar-refractivity contribution is 9.10. The molecule has 1 aromatic rings. The van der Waals surface area contributed by atoms with Gasteiger partial charge in [-0.1, -0.05) is 34.1 Å². The minimum atomic E-state index is -0.688. The lowest BCUT2D eigenvalue weighted by atomic mass is 10.1. The molecule has 0 aliphatic heterocycles. The van der Waals surface area contributed by atoms with Crippen molar-refractivity contribution in [3.8, 4) is 0 Å². The fraction of sp³-hybridized carbons (Fsp3) is 0.200. The van der Waals surface area contributed by atoms with E-state index in [-0.39, 0.29) is 0 Å². The highest BCUT2D eigenvalue weighted by Gasteiger charge is 2.14. The molecule has 0 aliphatic rings. The summed E-state index contributed by atoms with van der Waals surface area (Å²) in [5.41, 5.74) is 0.795. The van der Waals surface area contributed by atoms with Crippen LogP contribution in [0.15, 0.2) is 41.4 Å². The number of halogens is 2. The lowest BCUT2D eigenvalue weighted by Gasteiger charge is -2.13. The monoisotopic (exact) mass is 260 g/mol. The summed E-state index contributed by atoms with van der Waals surface area (Å²) in [4.78, 5) is 0. The van der Waals surface area contributed by atoms with Crippen molar-refractivity contribution in [2.75, 3.05) is 0 Å². The normalized spacial score (nSPS) is 15.0. The first-order chi connectivity index (χ1) is 6.15. The first-order valence-electron chi connectivity index (χ1n) is 3.85. The van der Waals surface area contributed by atoms with Crippen LogP contribution in [-0.2, 0) is 0 Å². The van der Waals surface area contributed by atoms with Crippen LogP contribution in [0.4, 0.5) is 0 Å². The van der Waals surface area contributed by atoms with Crippen molar-refractivity contribution >= 4 is 27.5 Å². The van der Waals surface area contributed by atoms with E-state index in [1.165, 1.54) is 6.08 Å². The zero-order chi connectivity index (χ0) is 9.84. The van der Waals surface area contributed by atoms with E-state index in [9.17, 15) is 5.11 Å². The maximum Gasteiger partial charge on any atom is 0.0988 e. The van der Waals surface area contributed by atoms with Gasteiger partial charge in [0.1, 0.15) is 0 Å². The van der Waals surface area contributed by atoms with Crippen molar-refractivity contribution in [1.82, 2.24) is 0 Å². The molecular weight excluding hydrogens is 251 g/mol. The highest BCUT2D eigenvalue weighted by Crippen LogP contribution is 2.23. The van der Waals surface area contributed by atoms with Crippen molar-refractivity contribution in [1.29, 1.82) is 0 Å². The molecule has 0 saturated carbocycles. The minimum Gasteiger partial charge on any atom is -0.387 e. The van der Waals surface area contributed by atoms with E-state index >= 15 is 0 Å². The summed E-state index contributed by atoms with van der Waals surface area (Å²) < 4.78 is 0.980. The minimum absolute atomic E-state index is 0.443. The fourth-order valence-corrected chi connectivity index (χ4v) is 1.38. The Hall–Kier alpha value is -0.310. The summed E-state index contributed by atoms with van der Waals surface area (Å²) in [6, 6.07) is 7.39. The Bertz CT molecular complexity index is 283. The Kier molecular flexibility index (Phi) is 3.97. The van der Waals surface area contributed by atoms with Crippen LogP contribution in [0.25, 0.3) is 0 Å². The number of benzene rings is 1. The van der Waals surface area contributed by atoms with Gasteiger partial charge in [0, 0.05) is 4.47 Å². The molecule has 2 atom stereocenters. The number of aliphatic hydroxyl groups is 1. The lowest BCUT2D eigenvalue weighted by molar-refractivity contribution is 0.185. The van der Waals surface area contributed by atoms with E-state index in [0.29, 0.717) is 0 Å². The zero-order valence-electron chi connectivity index (χ0n) is 6.95. The average molecular weight is 262 g/mol. The summed E-state index contributed by atoms with van der Waals surface area (Å²) in [6.45, 7) is 3.52. The number of rotatable bonds is 3. The molecule has 0 spiro atoms. The standard InChI is InChI=1S/C10H10BrClO/c1-2-9(12)10(13)7-3-5-8(11)6-4-7/h2-6,9-10,13H,1H2/t9-,10-/m0/s1. The Labute approximate surface area is 91.2 Å². The van der Waals surface area contributed by atoms with Crippen LogP contribution in [0.1, 0.15) is 11.7 Å². The zero-order valence-corrected chi connectivity index (χ0v) is 9.29. The molecule has 13 heavy (non-hydrogen) atoms. The van der Waals surface area contributed by atoms with Crippen LogP contribution in [0, 0.1) is 0 Å². The molecule has 1 aromatic carbocycles. The van der Waals surface area contributed by atoms with Gasteiger partial charge in [0.2, 0.25) is 0 Å². The molecule has 1 rings (SSSR count). The number of hydrogen-bond acceptors (Lipinski definition) is 1. The number of hydrogen-bond donors (Lipinski definition) is 1. The molecule has 0 saturated heterocycles. The Morgan fingerprint density at radius 1 is 1.38 bits per heavy atom. The van der Waals surface area contributed by atoms with E-state index in [4.69, 9.17) is 11.6 Å². The van der Waals surface area contributed by atoms with Gasteiger partial charge in [0.05, 0.1) is 11.5 Å². The van der Waals surface area contributed by atoms with Crippen molar-refractivity contribution in [3.05, 3.63) is 47.0 Å². The lowest BCUT2D eigenvalue weighted by Crippen LogP contribution is -2.08. The maximum absolute atomic E-state index is 9.66. The van der Waals surface area contributed by atoms with E-state index in [1.54, 1.807) is 0 Å². The molecule has 0 bridgehead atoms. The van der Waals surface area contributed by atoms with E-state index in [0.717, 1.165) is 10.0 Å². The Morgan fingerprint density at radius 2 is 1.92 bits per heavy atom. The van der Waals surface area contributed by atoms with Crippen LogP contribution >= 0.6 is 27.5 Å². The topological polar surface area (TPSA) is 20.2 Å². The summed E-state index contributed by atoms with van der Waals surface area (Å²) >= 11 is 9.12. The first kappa shape index (κ1) is 10.8. The van der Waals surface area contributed by atoms with Crippen LogP contribution in [-0.4, -0.2) is 10.5 Å². The molecule has 0 heterocycles. The predicted molar refractivity (Wildman–Crippen MR) is 58.9 cm³/mol. The first-order valence-corrected chi connectivity index (χ1v) is 5.08. The molecule has 0 fully saturated rings. The molecule has 3 heteroatoms. The molecule has 0 amide bonds. The van der Waals surface area contributed by atoms with Crippen molar-refractivity contribution < 1.29 is 5.11 Å². The maximum atomic E-state index is 9.66. The third kappa shape index (κ3) is 2.83. The van der Waals surface area contributed by atoms with E-state index in [1.807, 2.05) is 24.3 Å². The smallest absolute Gasteiger partial charge is 0.0988 e. The molecule has 1 nitrogen and oxygen atoms in total. The highest BCUT2D eigenvalue weighted by atomic mass is 79.9. The van der Waals surface area contributed by atoms with Gasteiger partial charge in [0.25, 0.3) is 0 Å².